The monoisotopic (exact) mass is 305 g/mol. The van der Waals surface area contributed by atoms with E-state index in [9.17, 15) is 4.79 Å². The zero-order chi connectivity index (χ0) is 15.2. The van der Waals surface area contributed by atoms with Crippen LogP contribution in [0.15, 0.2) is 12.4 Å². The third kappa shape index (κ3) is 4.07. The maximum Gasteiger partial charge on any atom is 0.320 e. The molecule has 3 rings (SSSR count). The minimum atomic E-state index is -0.182. The van der Waals surface area contributed by atoms with E-state index in [0.29, 0.717) is 19.0 Å². The number of carbonyl (C=O) groups is 1. The minimum absolute atomic E-state index is 0.182. The normalized spacial score (nSPS) is 19.7. The van der Waals surface area contributed by atoms with E-state index in [1.165, 1.54) is 25.6 Å². The molecular formula is C15H23N5O2. The van der Waals surface area contributed by atoms with Crippen molar-refractivity contribution in [3.05, 3.63) is 12.4 Å². The van der Waals surface area contributed by atoms with Gasteiger partial charge < -0.3 is 15.0 Å². The molecule has 22 heavy (non-hydrogen) atoms. The minimum Gasteiger partial charge on any atom is -0.378 e. The average molecular weight is 305 g/mol. The Bertz CT molecular complexity index is 498. The smallest absolute Gasteiger partial charge is 0.320 e. The van der Waals surface area contributed by atoms with Gasteiger partial charge in [-0.3, -0.25) is 5.32 Å². The summed E-state index contributed by atoms with van der Waals surface area (Å²) in [4.78, 5) is 22.6. The second kappa shape index (κ2) is 7.40. The van der Waals surface area contributed by atoms with Crippen LogP contribution in [-0.2, 0) is 4.74 Å². The fourth-order valence-corrected chi connectivity index (χ4v) is 2.97. The Morgan fingerprint density at radius 3 is 2.73 bits per heavy atom. The molecule has 2 amide bonds. The molecule has 120 valence electrons. The van der Waals surface area contributed by atoms with Crippen molar-refractivity contribution in [1.29, 1.82) is 0 Å². The van der Waals surface area contributed by atoms with E-state index in [1.54, 1.807) is 0 Å². The lowest BCUT2D eigenvalue weighted by atomic mass is 9.96. The molecule has 1 aliphatic carbocycles. The van der Waals surface area contributed by atoms with Crippen molar-refractivity contribution in [1.82, 2.24) is 15.3 Å². The van der Waals surface area contributed by atoms with Crippen LogP contribution in [0.5, 0.6) is 0 Å². The first kappa shape index (κ1) is 15.0. The van der Waals surface area contributed by atoms with Crippen molar-refractivity contribution in [2.75, 3.05) is 36.5 Å². The van der Waals surface area contributed by atoms with E-state index in [1.807, 2.05) is 6.07 Å². The van der Waals surface area contributed by atoms with Gasteiger partial charge in [-0.25, -0.2) is 14.8 Å². The highest BCUT2D eigenvalue weighted by Gasteiger charge is 2.17. The quantitative estimate of drug-likeness (QED) is 0.889. The number of hydrogen-bond acceptors (Lipinski definition) is 5. The molecule has 7 heteroatoms. The van der Waals surface area contributed by atoms with E-state index in [0.717, 1.165) is 31.7 Å². The van der Waals surface area contributed by atoms with Crippen molar-refractivity contribution in [2.24, 2.45) is 0 Å². The van der Waals surface area contributed by atoms with Crippen LogP contribution in [0.3, 0.4) is 0 Å². The van der Waals surface area contributed by atoms with Crippen LogP contribution in [0.25, 0.3) is 0 Å². The number of nitrogens with zero attached hydrogens (tertiary/aromatic N) is 3. The summed E-state index contributed by atoms with van der Waals surface area (Å²) in [5.74, 6) is 1.36. The molecule has 0 aromatic carbocycles. The molecule has 7 nitrogen and oxygen atoms in total. The second-order valence-electron chi connectivity index (χ2n) is 5.79. The largest absolute Gasteiger partial charge is 0.378 e. The molecule has 0 bridgehead atoms. The Labute approximate surface area is 130 Å². The van der Waals surface area contributed by atoms with Gasteiger partial charge in [0.05, 0.1) is 13.2 Å². The van der Waals surface area contributed by atoms with Crippen LogP contribution in [0, 0.1) is 0 Å². The fourth-order valence-electron chi connectivity index (χ4n) is 2.97. The highest BCUT2D eigenvalue weighted by Crippen LogP contribution is 2.18. The third-order valence-corrected chi connectivity index (χ3v) is 4.17. The van der Waals surface area contributed by atoms with Crippen LogP contribution in [0.2, 0.25) is 0 Å². The van der Waals surface area contributed by atoms with E-state index in [4.69, 9.17) is 4.74 Å². The topological polar surface area (TPSA) is 79.4 Å². The molecular weight excluding hydrogens is 282 g/mol. The summed E-state index contributed by atoms with van der Waals surface area (Å²) in [6.07, 6.45) is 7.28. The Kier molecular flexibility index (Phi) is 5.05. The Hall–Kier alpha value is -1.89. The standard InChI is InChI=1S/C15H23N5O2/c21-15(18-12-4-2-1-3-5-12)19-13-10-14(17-11-16-13)20-6-8-22-9-7-20/h10-12H,1-9H2,(H2,16,17,18,19,21). The summed E-state index contributed by atoms with van der Waals surface area (Å²) in [5, 5.41) is 5.83. The lowest BCUT2D eigenvalue weighted by Gasteiger charge is -2.27. The SMILES string of the molecule is O=C(Nc1cc(N2CCOCC2)ncn1)NC1CCCCC1. The molecule has 1 aromatic rings. The van der Waals surface area contributed by atoms with Crippen molar-refractivity contribution in [2.45, 2.75) is 38.1 Å². The number of ether oxygens (including phenoxy) is 1. The number of anilines is 2. The summed E-state index contributed by atoms with van der Waals surface area (Å²) >= 11 is 0. The first-order valence-corrected chi connectivity index (χ1v) is 8.03. The van der Waals surface area contributed by atoms with Crippen LogP contribution in [0.4, 0.5) is 16.4 Å². The first-order chi connectivity index (χ1) is 10.8. The van der Waals surface area contributed by atoms with Gasteiger partial charge in [0.2, 0.25) is 0 Å². The first-order valence-electron chi connectivity index (χ1n) is 8.03. The maximum atomic E-state index is 12.1. The van der Waals surface area contributed by atoms with Crippen molar-refractivity contribution in [3.8, 4) is 0 Å². The summed E-state index contributed by atoms with van der Waals surface area (Å²) in [6.45, 7) is 3.03. The second-order valence-corrected chi connectivity index (χ2v) is 5.79. The predicted molar refractivity (Wildman–Crippen MR) is 84.1 cm³/mol. The average Bonchev–Trinajstić information content (AvgIpc) is 2.57. The number of rotatable bonds is 3. The van der Waals surface area contributed by atoms with Gasteiger partial charge in [-0.1, -0.05) is 19.3 Å². The van der Waals surface area contributed by atoms with Crippen LogP contribution in [-0.4, -0.2) is 48.3 Å². The van der Waals surface area contributed by atoms with Crippen LogP contribution >= 0.6 is 0 Å². The van der Waals surface area contributed by atoms with Crippen LogP contribution in [0.1, 0.15) is 32.1 Å². The predicted octanol–water partition coefficient (Wildman–Crippen LogP) is 1.77. The zero-order valence-electron chi connectivity index (χ0n) is 12.8. The molecule has 0 atom stereocenters. The van der Waals surface area contributed by atoms with Crippen molar-refractivity contribution in [3.63, 3.8) is 0 Å². The number of nitrogens with one attached hydrogen (secondary N) is 2. The number of hydrogen-bond donors (Lipinski definition) is 2. The van der Waals surface area contributed by atoms with E-state index >= 15 is 0 Å². The van der Waals surface area contributed by atoms with Crippen molar-refractivity contribution >= 4 is 17.7 Å². The fraction of sp³-hybridized carbons (Fsp3) is 0.667. The molecule has 1 saturated carbocycles. The molecule has 2 heterocycles. The molecule has 1 aromatic heterocycles. The maximum absolute atomic E-state index is 12.1. The Morgan fingerprint density at radius 2 is 1.95 bits per heavy atom. The van der Waals surface area contributed by atoms with Gasteiger partial charge in [-0.2, -0.15) is 0 Å². The third-order valence-electron chi connectivity index (χ3n) is 4.17. The molecule has 2 N–H and O–H groups in total. The number of urea groups is 1. The summed E-state index contributed by atoms with van der Waals surface area (Å²) < 4.78 is 5.34. The van der Waals surface area contributed by atoms with Gasteiger partial charge in [0, 0.05) is 25.2 Å². The highest BCUT2D eigenvalue weighted by molar-refractivity contribution is 5.88. The molecule has 0 radical (unpaired) electrons. The number of amides is 2. The lowest BCUT2D eigenvalue weighted by Crippen LogP contribution is -2.39. The molecule has 1 aliphatic heterocycles. The number of morpholine rings is 1. The van der Waals surface area contributed by atoms with Gasteiger partial charge in [0.15, 0.2) is 0 Å². The Morgan fingerprint density at radius 1 is 1.18 bits per heavy atom. The number of carbonyl (C=O) groups excluding carboxylic acids is 1. The van der Waals surface area contributed by atoms with Gasteiger partial charge in [-0.15, -0.1) is 0 Å². The summed E-state index contributed by atoms with van der Waals surface area (Å²) in [5.41, 5.74) is 0. The molecule has 0 spiro atoms. The summed E-state index contributed by atoms with van der Waals surface area (Å²) in [6, 6.07) is 1.92. The van der Waals surface area contributed by atoms with E-state index < -0.39 is 0 Å². The van der Waals surface area contributed by atoms with Crippen molar-refractivity contribution < 1.29 is 9.53 Å². The highest BCUT2D eigenvalue weighted by atomic mass is 16.5. The lowest BCUT2D eigenvalue weighted by molar-refractivity contribution is 0.122. The number of aromatic nitrogens is 2. The van der Waals surface area contributed by atoms with Gasteiger partial charge >= 0.3 is 6.03 Å². The molecule has 0 unspecified atom stereocenters. The molecule has 1 saturated heterocycles. The van der Waals surface area contributed by atoms with Gasteiger partial charge in [-0.05, 0) is 12.8 Å². The van der Waals surface area contributed by atoms with Crippen LogP contribution < -0.4 is 15.5 Å². The molecule has 2 aliphatic rings. The summed E-state index contributed by atoms with van der Waals surface area (Å²) in [7, 11) is 0. The Balaban J connectivity index is 1.56. The van der Waals surface area contributed by atoms with E-state index in [-0.39, 0.29) is 12.1 Å². The zero-order valence-corrected chi connectivity index (χ0v) is 12.8. The van der Waals surface area contributed by atoms with Gasteiger partial charge in [0.25, 0.3) is 0 Å². The van der Waals surface area contributed by atoms with E-state index in [2.05, 4.69) is 25.5 Å². The molecule has 2 fully saturated rings. The van der Waals surface area contributed by atoms with Gasteiger partial charge in [0.1, 0.15) is 18.0 Å².